The quantitative estimate of drug-likeness (QED) is 0.933. The summed E-state index contributed by atoms with van der Waals surface area (Å²) >= 11 is 0. The van der Waals surface area contributed by atoms with Crippen LogP contribution in [0.3, 0.4) is 0 Å². The molecular formula is C15H16N2O3. The molecule has 104 valence electrons. The summed E-state index contributed by atoms with van der Waals surface area (Å²) in [4.78, 5) is 11.2. The van der Waals surface area contributed by atoms with Crippen LogP contribution in [0.2, 0.25) is 0 Å². The van der Waals surface area contributed by atoms with Crippen LogP contribution in [-0.4, -0.2) is 27.5 Å². The number of aromatic nitrogens is 2. The van der Waals surface area contributed by atoms with E-state index in [-0.39, 0.29) is 11.8 Å². The molecule has 0 amide bonds. The van der Waals surface area contributed by atoms with Crippen molar-refractivity contribution in [3.8, 4) is 5.69 Å². The number of rotatable bonds is 3. The average molecular weight is 272 g/mol. The van der Waals surface area contributed by atoms with E-state index < -0.39 is 5.97 Å². The zero-order valence-electron chi connectivity index (χ0n) is 11.2. The predicted octanol–water partition coefficient (Wildman–Crippen LogP) is 2.73. The third-order valence-electron chi connectivity index (χ3n) is 3.49. The van der Waals surface area contributed by atoms with Gasteiger partial charge in [0.1, 0.15) is 0 Å². The Bertz CT molecular complexity index is 625. The van der Waals surface area contributed by atoms with Gasteiger partial charge in [-0.15, -0.1) is 0 Å². The van der Waals surface area contributed by atoms with E-state index in [0.29, 0.717) is 6.61 Å². The number of nitrogens with zero attached hydrogens (tertiary/aromatic N) is 2. The normalized spacial score (nSPS) is 18.4. The predicted molar refractivity (Wildman–Crippen MR) is 73.2 cm³/mol. The Labute approximate surface area is 116 Å². The van der Waals surface area contributed by atoms with Gasteiger partial charge in [-0.1, -0.05) is 17.7 Å². The lowest BCUT2D eigenvalue weighted by Crippen LogP contribution is -2.07. The first kappa shape index (κ1) is 12.9. The number of ether oxygens (including phenoxy) is 1. The Morgan fingerprint density at radius 3 is 2.75 bits per heavy atom. The van der Waals surface area contributed by atoms with Crippen molar-refractivity contribution < 1.29 is 14.6 Å². The van der Waals surface area contributed by atoms with E-state index in [4.69, 9.17) is 9.84 Å². The summed E-state index contributed by atoms with van der Waals surface area (Å²) in [6.07, 6.45) is 1.82. The molecule has 20 heavy (non-hydrogen) atoms. The second kappa shape index (κ2) is 5.09. The molecule has 1 aromatic carbocycles. The Morgan fingerprint density at radius 2 is 2.15 bits per heavy atom. The number of carbonyl (C=O) groups is 1. The second-order valence-electron chi connectivity index (χ2n) is 5.01. The number of carboxylic acid groups (broad SMARTS) is 1. The molecule has 3 rings (SSSR count). The van der Waals surface area contributed by atoms with Crippen molar-refractivity contribution >= 4 is 5.97 Å². The minimum atomic E-state index is -1.02. The monoisotopic (exact) mass is 272 g/mol. The highest BCUT2D eigenvalue weighted by molar-refractivity contribution is 5.85. The molecule has 1 aromatic heterocycles. The van der Waals surface area contributed by atoms with Crippen molar-refractivity contribution in [2.45, 2.75) is 25.9 Å². The molecule has 1 unspecified atom stereocenters. The van der Waals surface area contributed by atoms with E-state index in [1.807, 2.05) is 31.2 Å². The number of hydrogen-bond donors (Lipinski definition) is 1. The summed E-state index contributed by atoms with van der Waals surface area (Å²) in [7, 11) is 0. The first-order chi connectivity index (χ1) is 9.65. The summed E-state index contributed by atoms with van der Waals surface area (Å²) in [6.45, 7) is 2.72. The van der Waals surface area contributed by atoms with Gasteiger partial charge in [-0.3, -0.25) is 0 Å². The highest BCUT2D eigenvalue weighted by atomic mass is 16.5. The van der Waals surface area contributed by atoms with E-state index in [2.05, 4.69) is 5.10 Å². The molecule has 2 heterocycles. The van der Waals surface area contributed by atoms with Crippen molar-refractivity contribution in [1.82, 2.24) is 9.78 Å². The fraction of sp³-hybridized carbons (Fsp3) is 0.333. The summed E-state index contributed by atoms with van der Waals surface area (Å²) in [5.41, 5.74) is 2.87. The highest BCUT2D eigenvalue weighted by Crippen LogP contribution is 2.30. The van der Waals surface area contributed by atoms with E-state index in [0.717, 1.165) is 29.8 Å². The molecule has 1 aliphatic heterocycles. The molecule has 1 fully saturated rings. The Morgan fingerprint density at radius 1 is 1.40 bits per heavy atom. The number of hydrogen-bond acceptors (Lipinski definition) is 3. The van der Waals surface area contributed by atoms with Crippen LogP contribution >= 0.6 is 0 Å². The van der Waals surface area contributed by atoms with E-state index >= 15 is 0 Å². The maximum Gasteiger partial charge on any atom is 0.356 e. The smallest absolute Gasteiger partial charge is 0.356 e. The molecule has 1 atom stereocenters. The van der Waals surface area contributed by atoms with Gasteiger partial charge in [0.05, 0.1) is 17.5 Å². The third kappa shape index (κ3) is 2.32. The second-order valence-corrected chi connectivity index (χ2v) is 5.01. The van der Waals surface area contributed by atoms with Crippen LogP contribution < -0.4 is 0 Å². The topological polar surface area (TPSA) is 64.4 Å². The minimum absolute atomic E-state index is 0.0519. The lowest BCUT2D eigenvalue weighted by Gasteiger charge is -2.12. The molecule has 1 N–H and O–H groups in total. The standard InChI is InChI=1S/C15H16N2O3/c1-10-4-6-11(7-5-10)17-13(14-3-2-8-20-14)9-12(16-17)15(18)19/h4-7,9,14H,2-3,8H2,1H3,(H,18,19). The number of benzene rings is 1. The molecule has 2 aromatic rings. The molecule has 0 spiro atoms. The van der Waals surface area contributed by atoms with Gasteiger partial charge in [-0.25, -0.2) is 9.48 Å². The molecule has 1 aliphatic rings. The van der Waals surface area contributed by atoms with Gasteiger partial charge in [0, 0.05) is 6.61 Å². The van der Waals surface area contributed by atoms with Crippen molar-refractivity contribution in [3.05, 3.63) is 47.3 Å². The molecule has 0 saturated carbocycles. The number of carboxylic acids is 1. The molecule has 5 nitrogen and oxygen atoms in total. The van der Waals surface area contributed by atoms with Gasteiger partial charge in [-0.2, -0.15) is 5.10 Å². The first-order valence-corrected chi connectivity index (χ1v) is 6.67. The van der Waals surface area contributed by atoms with Crippen LogP contribution in [-0.2, 0) is 4.74 Å². The summed E-state index contributed by atoms with van der Waals surface area (Å²) in [6, 6.07) is 9.45. The van der Waals surface area contributed by atoms with Crippen molar-refractivity contribution in [2.75, 3.05) is 6.61 Å². The molecular weight excluding hydrogens is 256 g/mol. The minimum Gasteiger partial charge on any atom is -0.476 e. The van der Waals surface area contributed by atoms with Gasteiger partial charge in [-0.05, 0) is 38.0 Å². The number of aromatic carboxylic acids is 1. The van der Waals surface area contributed by atoms with Crippen LogP contribution in [0.5, 0.6) is 0 Å². The van der Waals surface area contributed by atoms with Gasteiger partial charge >= 0.3 is 5.97 Å². The number of aryl methyl sites for hydroxylation is 1. The molecule has 0 radical (unpaired) electrons. The van der Waals surface area contributed by atoms with Crippen LogP contribution in [0, 0.1) is 6.92 Å². The molecule has 5 heteroatoms. The Hall–Kier alpha value is -2.14. The van der Waals surface area contributed by atoms with Crippen LogP contribution in [0.4, 0.5) is 0 Å². The molecule has 0 bridgehead atoms. The fourth-order valence-electron chi connectivity index (χ4n) is 2.43. The van der Waals surface area contributed by atoms with Gasteiger partial charge in [0.25, 0.3) is 0 Å². The van der Waals surface area contributed by atoms with E-state index in [1.54, 1.807) is 10.7 Å². The average Bonchev–Trinajstić information content (AvgIpc) is 3.08. The van der Waals surface area contributed by atoms with Gasteiger partial charge in [0.2, 0.25) is 0 Å². The SMILES string of the molecule is Cc1ccc(-n2nc(C(=O)O)cc2C2CCCO2)cc1. The summed E-state index contributed by atoms with van der Waals surface area (Å²) < 4.78 is 7.34. The first-order valence-electron chi connectivity index (χ1n) is 6.67. The van der Waals surface area contributed by atoms with Crippen molar-refractivity contribution in [1.29, 1.82) is 0 Å². The van der Waals surface area contributed by atoms with Crippen LogP contribution in [0.15, 0.2) is 30.3 Å². The lowest BCUT2D eigenvalue weighted by atomic mass is 10.1. The molecule has 1 saturated heterocycles. The Kier molecular flexibility index (Phi) is 3.28. The third-order valence-corrected chi connectivity index (χ3v) is 3.49. The maximum atomic E-state index is 11.2. The van der Waals surface area contributed by atoms with Crippen molar-refractivity contribution in [3.63, 3.8) is 0 Å². The van der Waals surface area contributed by atoms with Gasteiger partial charge < -0.3 is 9.84 Å². The van der Waals surface area contributed by atoms with Crippen LogP contribution in [0.1, 0.15) is 40.7 Å². The largest absolute Gasteiger partial charge is 0.476 e. The lowest BCUT2D eigenvalue weighted by molar-refractivity contribution is 0.0690. The summed E-state index contributed by atoms with van der Waals surface area (Å²) in [5, 5.41) is 13.3. The van der Waals surface area contributed by atoms with Crippen molar-refractivity contribution in [2.24, 2.45) is 0 Å². The molecule has 0 aliphatic carbocycles. The van der Waals surface area contributed by atoms with E-state index in [9.17, 15) is 4.79 Å². The van der Waals surface area contributed by atoms with Gasteiger partial charge in [0.15, 0.2) is 5.69 Å². The Balaban J connectivity index is 2.07. The highest BCUT2D eigenvalue weighted by Gasteiger charge is 2.25. The maximum absolute atomic E-state index is 11.2. The fourth-order valence-corrected chi connectivity index (χ4v) is 2.43. The summed E-state index contributed by atoms with van der Waals surface area (Å²) in [5.74, 6) is -1.02. The van der Waals surface area contributed by atoms with E-state index in [1.165, 1.54) is 0 Å². The zero-order valence-corrected chi connectivity index (χ0v) is 11.2. The van der Waals surface area contributed by atoms with Crippen LogP contribution in [0.25, 0.3) is 5.69 Å². The zero-order chi connectivity index (χ0) is 14.1.